The van der Waals surface area contributed by atoms with Gasteiger partial charge in [0.05, 0.1) is 0 Å². The summed E-state index contributed by atoms with van der Waals surface area (Å²) >= 11 is 0. The van der Waals surface area contributed by atoms with Crippen molar-refractivity contribution in [1.29, 1.82) is 0 Å². The van der Waals surface area contributed by atoms with Gasteiger partial charge in [0, 0.05) is 18.0 Å². The molecule has 0 radical (unpaired) electrons. The normalized spacial score (nSPS) is 26.4. The molecule has 0 saturated heterocycles. The smallest absolute Gasteiger partial charge is 0.407 e. The largest absolute Gasteiger partial charge is 0.444 e. The number of carbonyl (C=O) groups excluding carboxylic acids is 2. The minimum absolute atomic E-state index is 0.160. The van der Waals surface area contributed by atoms with Crippen molar-refractivity contribution >= 4 is 12.0 Å². The van der Waals surface area contributed by atoms with E-state index in [4.69, 9.17) is 4.74 Å². The Hall–Kier alpha value is -1.26. The summed E-state index contributed by atoms with van der Waals surface area (Å²) in [7, 11) is 0. The quantitative estimate of drug-likeness (QED) is 0.834. The molecule has 2 amide bonds. The summed E-state index contributed by atoms with van der Waals surface area (Å²) in [5, 5.41) is 6.16. The summed E-state index contributed by atoms with van der Waals surface area (Å²) < 4.78 is 5.29. The summed E-state index contributed by atoms with van der Waals surface area (Å²) in [6, 6.07) is 0.425. The number of hydrogen-bond acceptors (Lipinski definition) is 3. The fourth-order valence-electron chi connectivity index (χ4n) is 3.54. The SMILES string of the molecule is CC(C)(C)OC(=O)NC1CCC(NC(=O)C2CCCCC2)CC1. The second kappa shape index (κ2) is 8.02. The standard InChI is InChI=1S/C18H32N2O3/c1-18(2,3)23-17(22)20-15-11-9-14(10-12-15)19-16(21)13-7-5-4-6-8-13/h13-15H,4-12H2,1-3H3,(H,19,21)(H,20,22). The third kappa shape index (κ3) is 6.40. The zero-order valence-electron chi connectivity index (χ0n) is 14.8. The van der Waals surface area contributed by atoms with Gasteiger partial charge in [-0.15, -0.1) is 0 Å². The Morgan fingerprint density at radius 1 is 0.826 bits per heavy atom. The third-order valence-electron chi connectivity index (χ3n) is 4.77. The first kappa shape index (κ1) is 18.1. The van der Waals surface area contributed by atoms with Crippen molar-refractivity contribution in [2.75, 3.05) is 0 Å². The Morgan fingerprint density at radius 2 is 1.35 bits per heavy atom. The first-order valence-corrected chi connectivity index (χ1v) is 9.13. The van der Waals surface area contributed by atoms with Crippen LogP contribution >= 0.6 is 0 Å². The van der Waals surface area contributed by atoms with Crippen LogP contribution in [0.15, 0.2) is 0 Å². The predicted molar refractivity (Wildman–Crippen MR) is 90.1 cm³/mol. The average molecular weight is 324 g/mol. The highest BCUT2D eigenvalue weighted by Crippen LogP contribution is 2.25. The van der Waals surface area contributed by atoms with E-state index in [9.17, 15) is 9.59 Å². The molecule has 0 aromatic heterocycles. The van der Waals surface area contributed by atoms with E-state index >= 15 is 0 Å². The van der Waals surface area contributed by atoms with Crippen LogP contribution in [0, 0.1) is 5.92 Å². The minimum Gasteiger partial charge on any atom is -0.444 e. The topological polar surface area (TPSA) is 67.4 Å². The molecule has 0 aromatic carbocycles. The monoisotopic (exact) mass is 324 g/mol. The highest BCUT2D eigenvalue weighted by atomic mass is 16.6. The third-order valence-corrected chi connectivity index (χ3v) is 4.77. The molecule has 2 rings (SSSR count). The molecule has 132 valence electrons. The van der Waals surface area contributed by atoms with Crippen LogP contribution in [0.3, 0.4) is 0 Å². The highest BCUT2D eigenvalue weighted by Gasteiger charge is 2.28. The molecule has 0 atom stereocenters. The van der Waals surface area contributed by atoms with Crippen molar-refractivity contribution in [2.45, 2.75) is 96.2 Å². The molecule has 5 nitrogen and oxygen atoms in total. The lowest BCUT2D eigenvalue weighted by molar-refractivity contribution is -0.126. The fraction of sp³-hybridized carbons (Fsp3) is 0.889. The lowest BCUT2D eigenvalue weighted by atomic mass is 9.87. The molecule has 2 aliphatic carbocycles. The fourth-order valence-corrected chi connectivity index (χ4v) is 3.54. The number of hydrogen-bond donors (Lipinski definition) is 2. The Bertz CT molecular complexity index is 403. The van der Waals surface area contributed by atoms with E-state index in [0.29, 0.717) is 0 Å². The van der Waals surface area contributed by atoms with Gasteiger partial charge < -0.3 is 15.4 Å². The maximum Gasteiger partial charge on any atom is 0.407 e. The van der Waals surface area contributed by atoms with Crippen molar-refractivity contribution in [2.24, 2.45) is 5.92 Å². The Labute approximate surface area is 139 Å². The molecule has 2 aliphatic rings. The molecular weight excluding hydrogens is 292 g/mol. The van der Waals surface area contributed by atoms with Gasteiger partial charge in [-0.05, 0) is 59.3 Å². The van der Waals surface area contributed by atoms with Crippen LogP contribution in [0.1, 0.15) is 78.6 Å². The molecule has 0 spiro atoms. The summed E-state index contributed by atoms with van der Waals surface area (Å²) in [6.07, 6.45) is 9.04. The van der Waals surface area contributed by atoms with E-state index in [0.717, 1.165) is 38.5 Å². The molecule has 5 heteroatoms. The van der Waals surface area contributed by atoms with Crippen molar-refractivity contribution in [1.82, 2.24) is 10.6 Å². The van der Waals surface area contributed by atoms with Crippen LogP contribution in [-0.2, 0) is 9.53 Å². The molecule has 0 aliphatic heterocycles. The van der Waals surface area contributed by atoms with E-state index in [1.54, 1.807) is 0 Å². The maximum atomic E-state index is 12.3. The Balaban J connectivity index is 1.67. The molecule has 2 saturated carbocycles. The molecule has 0 bridgehead atoms. The van der Waals surface area contributed by atoms with Crippen LogP contribution in [0.4, 0.5) is 4.79 Å². The zero-order valence-corrected chi connectivity index (χ0v) is 14.8. The van der Waals surface area contributed by atoms with E-state index in [-0.39, 0.29) is 30.0 Å². The minimum atomic E-state index is -0.463. The molecule has 0 heterocycles. The second-order valence-corrected chi connectivity index (χ2v) is 8.04. The van der Waals surface area contributed by atoms with Gasteiger partial charge in [0.25, 0.3) is 0 Å². The number of nitrogens with one attached hydrogen (secondary N) is 2. The van der Waals surface area contributed by atoms with Crippen molar-refractivity contribution in [3.63, 3.8) is 0 Å². The van der Waals surface area contributed by atoms with Gasteiger partial charge in [0.2, 0.25) is 5.91 Å². The number of carbonyl (C=O) groups is 2. The van der Waals surface area contributed by atoms with Gasteiger partial charge in [0.1, 0.15) is 5.60 Å². The van der Waals surface area contributed by atoms with Crippen molar-refractivity contribution in [3.05, 3.63) is 0 Å². The summed E-state index contributed by atoms with van der Waals surface area (Å²) in [6.45, 7) is 5.60. The Morgan fingerprint density at radius 3 is 1.87 bits per heavy atom. The predicted octanol–water partition coefficient (Wildman–Crippen LogP) is 3.52. The van der Waals surface area contributed by atoms with Crippen molar-refractivity contribution < 1.29 is 14.3 Å². The van der Waals surface area contributed by atoms with Gasteiger partial charge in [-0.1, -0.05) is 19.3 Å². The van der Waals surface area contributed by atoms with Crippen LogP contribution in [-0.4, -0.2) is 29.7 Å². The summed E-state index contributed by atoms with van der Waals surface area (Å²) in [4.78, 5) is 24.1. The first-order chi connectivity index (χ1) is 10.8. The molecular formula is C18H32N2O3. The molecule has 2 fully saturated rings. The number of alkyl carbamates (subject to hydrolysis) is 1. The van der Waals surface area contributed by atoms with Crippen LogP contribution in [0.2, 0.25) is 0 Å². The van der Waals surface area contributed by atoms with E-state index in [2.05, 4.69) is 10.6 Å². The van der Waals surface area contributed by atoms with Gasteiger partial charge in [-0.25, -0.2) is 4.79 Å². The lowest BCUT2D eigenvalue weighted by Gasteiger charge is -2.31. The van der Waals surface area contributed by atoms with Crippen molar-refractivity contribution in [3.8, 4) is 0 Å². The molecule has 0 aromatic rings. The van der Waals surface area contributed by atoms with Crippen LogP contribution in [0.25, 0.3) is 0 Å². The summed E-state index contributed by atoms with van der Waals surface area (Å²) in [5.41, 5.74) is -0.463. The van der Waals surface area contributed by atoms with Crippen LogP contribution < -0.4 is 10.6 Å². The van der Waals surface area contributed by atoms with Gasteiger partial charge in [-0.2, -0.15) is 0 Å². The lowest BCUT2D eigenvalue weighted by Crippen LogP contribution is -2.46. The average Bonchev–Trinajstić information content (AvgIpc) is 2.48. The summed E-state index contributed by atoms with van der Waals surface area (Å²) in [5.74, 6) is 0.467. The number of rotatable bonds is 3. The highest BCUT2D eigenvalue weighted by molar-refractivity contribution is 5.79. The number of ether oxygens (including phenoxy) is 1. The number of amides is 2. The van der Waals surface area contributed by atoms with Gasteiger partial charge in [-0.3, -0.25) is 4.79 Å². The van der Waals surface area contributed by atoms with E-state index in [1.165, 1.54) is 19.3 Å². The Kier molecular flexibility index (Phi) is 6.31. The first-order valence-electron chi connectivity index (χ1n) is 9.13. The van der Waals surface area contributed by atoms with Gasteiger partial charge >= 0.3 is 6.09 Å². The molecule has 23 heavy (non-hydrogen) atoms. The van der Waals surface area contributed by atoms with Crippen LogP contribution in [0.5, 0.6) is 0 Å². The van der Waals surface area contributed by atoms with E-state index in [1.807, 2.05) is 20.8 Å². The molecule has 2 N–H and O–H groups in total. The maximum absolute atomic E-state index is 12.3. The van der Waals surface area contributed by atoms with E-state index < -0.39 is 5.60 Å². The second-order valence-electron chi connectivity index (χ2n) is 8.04. The molecule has 0 unspecified atom stereocenters. The zero-order chi connectivity index (χ0) is 16.9. The van der Waals surface area contributed by atoms with Gasteiger partial charge in [0.15, 0.2) is 0 Å².